The Bertz CT molecular complexity index is 677. The van der Waals surface area contributed by atoms with Crippen molar-refractivity contribution in [3.63, 3.8) is 0 Å². The van der Waals surface area contributed by atoms with E-state index in [1.165, 1.54) is 0 Å². The smallest absolute Gasteiger partial charge is 0.237 e. The molecule has 144 valence electrons. The van der Waals surface area contributed by atoms with Gasteiger partial charge in [-0.2, -0.15) is 0 Å². The van der Waals surface area contributed by atoms with Crippen LogP contribution in [0.5, 0.6) is 0 Å². The predicted molar refractivity (Wildman–Crippen MR) is 98.4 cm³/mol. The Labute approximate surface area is 155 Å². The number of sulfone groups is 1. The van der Waals surface area contributed by atoms with Gasteiger partial charge in [-0.3, -0.25) is 4.79 Å². The molecule has 2 fully saturated rings. The van der Waals surface area contributed by atoms with Crippen LogP contribution in [0.15, 0.2) is 30.3 Å². The molecule has 0 unspecified atom stereocenters. The molecular formula is C19H27NO5S. The van der Waals surface area contributed by atoms with Crippen LogP contribution in [0.25, 0.3) is 0 Å². The van der Waals surface area contributed by atoms with Gasteiger partial charge in [-0.15, -0.1) is 0 Å². The number of carbonyl (C=O) groups is 1. The summed E-state index contributed by atoms with van der Waals surface area (Å²) in [6.45, 7) is 2.41. The second-order valence-electron chi connectivity index (χ2n) is 7.01. The van der Waals surface area contributed by atoms with E-state index in [9.17, 15) is 13.2 Å². The third kappa shape index (κ3) is 5.53. The second-order valence-corrected chi connectivity index (χ2v) is 9.19. The fraction of sp³-hybridized carbons (Fsp3) is 0.632. The fourth-order valence-corrected chi connectivity index (χ4v) is 4.85. The van der Waals surface area contributed by atoms with Crippen LogP contribution in [0.4, 0.5) is 0 Å². The Morgan fingerprint density at radius 1 is 1.08 bits per heavy atom. The number of benzene rings is 1. The summed E-state index contributed by atoms with van der Waals surface area (Å²) < 4.78 is 35.6. The van der Waals surface area contributed by atoms with Crippen molar-refractivity contribution in [2.75, 3.05) is 37.8 Å². The molecule has 3 rings (SSSR count). The lowest BCUT2D eigenvalue weighted by Gasteiger charge is -2.33. The third-order valence-electron chi connectivity index (χ3n) is 5.03. The van der Waals surface area contributed by atoms with Gasteiger partial charge in [0.15, 0.2) is 16.1 Å². The highest BCUT2D eigenvalue weighted by Crippen LogP contribution is 2.25. The van der Waals surface area contributed by atoms with Crippen molar-refractivity contribution in [1.82, 2.24) is 4.90 Å². The van der Waals surface area contributed by atoms with E-state index in [2.05, 4.69) is 0 Å². The maximum absolute atomic E-state index is 12.4. The van der Waals surface area contributed by atoms with Crippen molar-refractivity contribution in [2.45, 2.75) is 32.0 Å². The summed E-state index contributed by atoms with van der Waals surface area (Å²) in [7, 11) is -3.37. The Kier molecular flexibility index (Phi) is 6.67. The zero-order valence-corrected chi connectivity index (χ0v) is 15.8. The van der Waals surface area contributed by atoms with Crippen molar-refractivity contribution in [1.29, 1.82) is 0 Å². The number of amides is 1. The van der Waals surface area contributed by atoms with E-state index in [1.54, 1.807) is 4.90 Å². The highest BCUT2D eigenvalue weighted by Gasteiger charge is 2.32. The van der Waals surface area contributed by atoms with Crippen LogP contribution in [-0.2, 0) is 30.5 Å². The molecule has 0 spiro atoms. The van der Waals surface area contributed by atoms with Crippen molar-refractivity contribution in [3.8, 4) is 0 Å². The molecule has 1 aromatic rings. The molecule has 0 saturated carbocycles. The van der Waals surface area contributed by atoms with Gasteiger partial charge in [0.25, 0.3) is 0 Å². The average Bonchev–Trinajstić information content (AvgIpc) is 3.17. The number of rotatable bonds is 7. The summed E-state index contributed by atoms with van der Waals surface area (Å²) in [5, 5.41) is 0. The molecule has 6 nitrogen and oxygen atoms in total. The molecule has 2 heterocycles. The molecule has 2 saturated heterocycles. The maximum Gasteiger partial charge on any atom is 0.237 e. The number of nitrogens with zero attached hydrogens (tertiary/aromatic N) is 1. The molecule has 2 aliphatic rings. The zero-order chi connectivity index (χ0) is 18.4. The largest absolute Gasteiger partial charge is 0.350 e. The Morgan fingerprint density at radius 2 is 1.73 bits per heavy atom. The van der Waals surface area contributed by atoms with Gasteiger partial charge in [0.2, 0.25) is 5.91 Å². The van der Waals surface area contributed by atoms with E-state index in [-0.39, 0.29) is 23.7 Å². The lowest BCUT2D eigenvalue weighted by atomic mass is 9.96. The van der Waals surface area contributed by atoms with E-state index >= 15 is 0 Å². The molecule has 0 bridgehead atoms. The van der Waals surface area contributed by atoms with Crippen LogP contribution in [0.1, 0.15) is 24.8 Å². The van der Waals surface area contributed by atoms with Crippen molar-refractivity contribution in [2.24, 2.45) is 5.92 Å². The van der Waals surface area contributed by atoms with Crippen molar-refractivity contribution in [3.05, 3.63) is 35.9 Å². The molecule has 0 aromatic heterocycles. The highest BCUT2D eigenvalue weighted by atomic mass is 32.2. The van der Waals surface area contributed by atoms with Crippen LogP contribution in [-0.4, -0.2) is 63.3 Å². The summed E-state index contributed by atoms with van der Waals surface area (Å²) >= 11 is 0. The monoisotopic (exact) mass is 381 g/mol. The van der Waals surface area contributed by atoms with Gasteiger partial charge in [0.05, 0.1) is 19.0 Å². The first-order valence-electron chi connectivity index (χ1n) is 9.29. The van der Waals surface area contributed by atoms with E-state index in [4.69, 9.17) is 9.47 Å². The standard InChI is InChI=1S/C19H27NO5S/c21-18(20-10-8-17(9-11-20)19-24-12-13-25-19)15-26(22,23)14-4-7-16-5-2-1-3-6-16/h1-3,5-6,17,19H,4,7-15H2. The van der Waals surface area contributed by atoms with Crippen LogP contribution < -0.4 is 0 Å². The number of ether oxygens (including phenoxy) is 2. The summed E-state index contributed by atoms with van der Waals surface area (Å²) in [6.07, 6.45) is 2.68. The minimum absolute atomic E-state index is 0.0495. The topological polar surface area (TPSA) is 72.9 Å². The first kappa shape index (κ1) is 19.3. The molecule has 0 N–H and O–H groups in total. The van der Waals surface area contributed by atoms with E-state index in [1.807, 2.05) is 30.3 Å². The summed E-state index contributed by atoms with van der Waals surface area (Å²) in [5.74, 6) is -0.322. The van der Waals surface area contributed by atoms with Crippen LogP contribution in [0, 0.1) is 5.92 Å². The highest BCUT2D eigenvalue weighted by molar-refractivity contribution is 7.92. The third-order valence-corrected chi connectivity index (χ3v) is 6.63. The number of aryl methyl sites for hydroxylation is 1. The lowest BCUT2D eigenvalue weighted by molar-refractivity contribution is -0.134. The molecule has 0 atom stereocenters. The van der Waals surface area contributed by atoms with Crippen molar-refractivity contribution >= 4 is 15.7 Å². The normalized spacial score (nSPS) is 19.8. The molecule has 2 aliphatic heterocycles. The van der Waals surface area contributed by atoms with Crippen LogP contribution in [0.2, 0.25) is 0 Å². The fourth-order valence-electron chi connectivity index (χ4n) is 3.56. The van der Waals surface area contributed by atoms with Crippen molar-refractivity contribution < 1.29 is 22.7 Å². The van der Waals surface area contributed by atoms with Crippen LogP contribution in [0.3, 0.4) is 0 Å². The number of hydrogen-bond donors (Lipinski definition) is 0. The average molecular weight is 381 g/mol. The minimum Gasteiger partial charge on any atom is -0.350 e. The first-order chi connectivity index (χ1) is 12.5. The van der Waals surface area contributed by atoms with Crippen LogP contribution >= 0.6 is 0 Å². The lowest BCUT2D eigenvalue weighted by Crippen LogP contribution is -2.43. The summed E-state index contributed by atoms with van der Waals surface area (Å²) in [5.41, 5.74) is 1.12. The predicted octanol–water partition coefficient (Wildman–Crippen LogP) is 1.65. The quantitative estimate of drug-likeness (QED) is 0.718. The summed E-state index contributed by atoms with van der Waals surface area (Å²) in [4.78, 5) is 14.0. The molecule has 7 heteroatoms. The molecular weight excluding hydrogens is 354 g/mol. The first-order valence-corrected chi connectivity index (χ1v) is 11.1. The molecule has 0 radical (unpaired) electrons. The second kappa shape index (κ2) is 8.97. The minimum atomic E-state index is -3.37. The number of piperidine rings is 1. The van der Waals surface area contributed by atoms with Gasteiger partial charge in [0.1, 0.15) is 5.75 Å². The SMILES string of the molecule is O=C(CS(=O)(=O)CCCc1ccccc1)N1CCC(C2OCCO2)CC1. The molecule has 1 amide bonds. The molecule has 26 heavy (non-hydrogen) atoms. The maximum atomic E-state index is 12.4. The summed E-state index contributed by atoms with van der Waals surface area (Å²) in [6, 6.07) is 9.80. The van der Waals surface area contributed by atoms with Gasteiger partial charge in [-0.05, 0) is 31.2 Å². The number of carbonyl (C=O) groups excluding carboxylic acids is 1. The number of likely N-dealkylation sites (tertiary alicyclic amines) is 1. The van der Waals surface area contributed by atoms with E-state index in [0.29, 0.717) is 45.1 Å². The Balaban J connectivity index is 1.40. The van der Waals surface area contributed by atoms with Gasteiger partial charge >= 0.3 is 0 Å². The zero-order valence-electron chi connectivity index (χ0n) is 15.0. The molecule has 1 aromatic carbocycles. The van der Waals surface area contributed by atoms with E-state index in [0.717, 1.165) is 18.4 Å². The van der Waals surface area contributed by atoms with Gasteiger partial charge < -0.3 is 14.4 Å². The van der Waals surface area contributed by atoms with Gasteiger partial charge in [-0.1, -0.05) is 30.3 Å². The molecule has 0 aliphatic carbocycles. The Morgan fingerprint density at radius 3 is 2.38 bits per heavy atom. The van der Waals surface area contributed by atoms with E-state index < -0.39 is 9.84 Å². The van der Waals surface area contributed by atoms with Gasteiger partial charge in [-0.25, -0.2) is 8.42 Å². The number of hydrogen-bond acceptors (Lipinski definition) is 5. The van der Waals surface area contributed by atoms with Gasteiger partial charge in [0, 0.05) is 19.0 Å². The Hall–Kier alpha value is -1.44.